The summed E-state index contributed by atoms with van der Waals surface area (Å²) in [6.45, 7) is 2.55. The second-order valence-corrected chi connectivity index (χ2v) is 3.40. The fourth-order valence-electron chi connectivity index (χ4n) is 1.66. The lowest BCUT2D eigenvalue weighted by atomic mass is 9.95. The average Bonchev–Trinajstić information content (AvgIpc) is 2.16. The van der Waals surface area contributed by atoms with Gasteiger partial charge in [0.15, 0.2) is 0 Å². The first-order valence-electron chi connectivity index (χ1n) is 4.49. The van der Waals surface area contributed by atoms with E-state index in [1.165, 1.54) is 13.8 Å². The third-order valence-electron chi connectivity index (χ3n) is 2.45. The van der Waals surface area contributed by atoms with E-state index in [0.717, 1.165) is 0 Å². The number of hydrogen-bond acceptors (Lipinski definition) is 5. The fraction of sp³-hybridized carbons (Fsp3) is 0.200. The van der Waals surface area contributed by atoms with E-state index in [-0.39, 0.29) is 16.8 Å². The van der Waals surface area contributed by atoms with E-state index in [2.05, 4.69) is 5.18 Å². The molecule has 0 atom stereocenters. The van der Waals surface area contributed by atoms with E-state index in [0.29, 0.717) is 0 Å². The quantitative estimate of drug-likeness (QED) is 0.690. The Morgan fingerprint density at radius 1 is 1.00 bits per heavy atom. The lowest BCUT2D eigenvalue weighted by Crippen LogP contribution is -2.08. The number of hydrogen-bond donors (Lipinski definition) is 3. The van der Waals surface area contributed by atoms with E-state index in [4.69, 9.17) is 10.2 Å². The number of carboxylic acids is 2. The third-order valence-corrected chi connectivity index (χ3v) is 2.45. The van der Waals surface area contributed by atoms with Crippen molar-refractivity contribution in [3.05, 3.63) is 27.2 Å². The monoisotopic (exact) mass is 239 g/mol. The van der Waals surface area contributed by atoms with Gasteiger partial charge in [-0.15, -0.1) is 4.91 Å². The van der Waals surface area contributed by atoms with Crippen LogP contribution < -0.4 is 0 Å². The third kappa shape index (κ3) is 1.82. The second kappa shape index (κ2) is 4.20. The van der Waals surface area contributed by atoms with Gasteiger partial charge < -0.3 is 15.3 Å². The molecule has 0 aliphatic heterocycles. The van der Waals surface area contributed by atoms with E-state index >= 15 is 0 Å². The van der Waals surface area contributed by atoms with E-state index < -0.39 is 28.8 Å². The molecule has 0 amide bonds. The first-order chi connectivity index (χ1) is 7.82. The van der Waals surface area contributed by atoms with Crippen LogP contribution in [0.25, 0.3) is 0 Å². The number of phenols is 1. The second-order valence-electron chi connectivity index (χ2n) is 3.40. The van der Waals surface area contributed by atoms with Gasteiger partial charge in [0.05, 0.1) is 0 Å². The highest BCUT2D eigenvalue weighted by molar-refractivity contribution is 6.03. The molecule has 1 aromatic carbocycles. The smallest absolute Gasteiger partial charge is 0.339 e. The Morgan fingerprint density at radius 2 is 1.35 bits per heavy atom. The van der Waals surface area contributed by atoms with E-state index in [1.54, 1.807) is 0 Å². The number of aromatic carboxylic acids is 2. The lowest BCUT2D eigenvalue weighted by molar-refractivity contribution is 0.0691. The molecule has 7 heteroatoms. The molecule has 0 heterocycles. The fourth-order valence-corrected chi connectivity index (χ4v) is 1.66. The number of nitrogens with zero attached hydrogens (tertiary/aromatic N) is 1. The van der Waals surface area contributed by atoms with Crippen molar-refractivity contribution in [3.63, 3.8) is 0 Å². The first-order valence-corrected chi connectivity index (χ1v) is 4.49. The van der Waals surface area contributed by atoms with Gasteiger partial charge in [0.2, 0.25) is 0 Å². The number of carbonyl (C=O) groups is 2. The lowest BCUT2D eigenvalue weighted by Gasteiger charge is -2.12. The highest BCUT2D eigenvalue weighted by Gasteiger charge is 2.27. The molecule has 0 spiro atoms. The zero-order valence-electron chi connectivity index (χ0n) is 9.01. The van der Waals surface area contributed by atoms with Crippen molar-refractivity contribution in [2.45, 2.75) is 13.8 Å². The van der Waals surface area contributed by atoms with Crippen molar-refractivity contribution in [1.29, 1.82) is 0 Å². The number of benzene rings is 1. The Kier molecular flexibility index (Phi) is 3.12. The maximum atomic E-state index is 10.9. The summed E-state index contributed by atoms with van der Waals surface area (Å²) in [7, 11) is 0. The molecular formula is C10H9NO6. The predicted octanol–water partition coefficient (Wildman–Crippen LogP) is 1.80. The van der Waals surface area contributed by atoms with Crippen LogP contribution in [0.2, 0.25) is 0 Å². The summed E-state index contributed by atoms with van der Waals surface area (Å²) in [4.78, 5) is 32.4. The molecule has 1 rings (SSSR count). The van der Waals surface area contributed by atoms with Crippen LogP contribution in [0.5, 0.6) is 5.75 Å². The maximum Gasteiger partial charge on any atom is 0.339 e. The van der Waals surface area contributed by atoms with Crippen LogP contribution in [-0.2, 0) is 0 Å². The zero-order valence-corrected chi connectivity index (χ0v) is 9.01. The molecule has 0 unspecified atom stereocenters. The summed E-state index contributed by atoms with van der Waals surface area (Å²) < 4.78 is 0. The minimum Gasteiger partial charge on any atom is -0.506 e. The molecule has 0 bridgehead atoms. The molecule has 1 aromatic rings. The molecule has 0 aliphatic carbocycles. The summed E-state index contributed by atoms with van der Waals surface area (Å²) in [6.07, 6.45) is 0. The number of rotatable bonds is 3. The van der Waals surface area contributed by atoms with Gasteiger partial charge in [-0.3, -0.25) is 0 Å². The minimum absolute atomic E-state index is 0.0625. The summed E-state index contributed by atoms with van der Waals surface area (Å²) in [5, 5.41) is 29.9. The SMILES string of the molecule is Cc1c(N=O)c(C)c(C(=O)O)c(O)c1C(=O)O. The van der Waals surface area contributed by atoms with Crippen LogP contribution >= 0.6 is 0 Å². The van der Waals surface area contributed by atoms with Crippen LogP contribution in [0.4, 0.5) is 5.69 Å². The van der Waals surface area contributed by atoms with Gasteiger partial charge in [-0.1, -0.05) is 0 Å². The molecule has 0 saturated heterocycles. The zero-order chi connectivity index (χ0) is 13.3. The average molecular weight is 239 g/mol. The molecule has 0 radical (unpaired) electrons. The van der Waals surface area contributed by atoms with Gasteiger partial charge in [-0.25, -0.2) is 9.59 Å². The summed E-state index contributed by atoms with van der Waals surface area (Å²) in [6, 6.07) is 0. The number of aromatic hydroxyl groups is 1. The topological polar surface area (TPSA) is 124 Å². The maximum absolute atomic E-state index is 10.9. The Hall–Kier alpha value is -2.44. The molecule has 3 N–H and O–H groups in total. The molecule has 0 aromatic heterocycles. The van der Waals surface area contributed by atoms with Crippen molar-refractivity contribution in [1.82, 2.24) is 0 Å². The molecule has 17 heavy (non-hydrogen) atoms. The van der Waals surface area contributed by atoms with Gasteiger partial charge in [-0.2, -0.15) is 0 Å². The molecule has 7 nitrogen and oxygen atoms in total. The van der Waals surface area contributed by atoms with Gasteiger partial charge in [0.1, 0.15) is 22.6 Å². The summed E-state index contributed by atoms with van der Waals surface area (Å²) in [5.41, 5.74) is -1.65. The first kappa shape index (κ1) is 12.6. The summed E-state index contributed by atoms with van der Waals surface area (Å²) >= 11 is 0. The molecule has 0 saturated carbocycles. The van der Waals surface area contributed by atoms with Gasteiger partial charge >= 0.3 is 11.9 Å². The predicted molar refractivity (Wildman–Crippen MR) is 57.0 cm³/mol. The van der Waals surface area contributed by atoms with Gasteiger partial charge in [0.25, 0.3) is 0 Å². The normalized spacial score (nSPS) is 10.0. The Labute approximate surface area is 95.3 Å². The number of carboxylic acid groups (broad SMARTS) is 2. The highest BCUT2D eigenvalue weighted by Crippen LogP contribution is 2.37. The molecule has 0 aliphatic rings. The Bertz CT molecular complexity index is 493. The van der Waals surface area contributed by atoms with Crippen molar-refractivity contribution in [2.24, 2.45) is 5.18 Å². The summed E-state index contributed by atoms with van der Waals surface area (Å²) in [5.74, 6) is -3.91. The van der Waals surface area contributed by atoms with Crippen molar-refractivity contribution in [3.8, 4) is 5.75 Å². The van der Waals surface area contributed by atoms with Crippen LogP contribution in [0.1, 0.15) is 31.8 Å². The van der Waals surface area contributed by atoms with Crippen molar-refractivity contribution >= 4 is 17.6 Å². The van der Waals surface area contributed by atoms with Crippen molar-refractivity contribution < 1.29 is 24.9 Å². The van der Waals surface area contributed by atoms with Gasteiger partial charge in [0, 0.05) is 0 Å². The van der Waals surface area contributed by atoms with E-state index in [1.807, 2.05) is 0 Å². The molecular weight excluding hydrogens is 230 g/mol. The van der Waals surface area contributed by atoms with Crippen LogP contribution in [0.3, 0.4) is 0 Å². The largest absolute Gasteiger partial charge is 0.506 e. The van der Waals surface area contributed by atoms with Crippen LogP contribution in [0, 0.1) is 18.8 Å². The van der Waals surface area contributed by atoms with Gasteiger partial charge in [-0.05, 0) is 30.2 Å². The Balaban J connectivity index is 3.88. The van der Waals surface area contributed by atoms with E-state index in [9.17, 15) is 19.6 Å². The minimum atomic E-state index is -1.52. The standard InChI is InChI=1S/C10H9NO6/c1-3-5(9(13)14)8(12)6(10(15)16)4(2)7(3)11-17/h12H,1-2H3,(H,13,14)(H,15,16). The highest BCUT2D eigenvalue weighted by atomic mass is 16.4. The van der Waals surface area contributed by atoms with Crippen molar-refractivity contribution in [2.75, 3.05) is 0 Å². The number of nitroso groups, excluding NO2 is 1. The van der Waals surface area contributed by atoms with Crippen LogP contribution in [-0.4, -0.2) is 27.3 Å². The molecule has 0 fully saturated rings. The molecule has 90 valence electrons. The van der Waals surface area contributed by atoms with Crippen LogP contribution in [0.15, 0.2) is 5.18 Å². The Morgan fingerprint density at radius 3 is 1.59 bits per heavy atom.